The molecule has 7 heteroatoms. The first kappa shape index (κ1) is 14.5. The number of carbonyl (C=O) groups excluding carboxylic acids is 2. The molecule has 0 fully saturated rings. The van der Waals surface area contributed by atoms with Gasteiger partial charge in [-0.2, -0.15) is 5.10 Å². The SMILES string of the molecule is CC(=O)C/C(C)=N\NC(=O)c1ccccc1[N+](=O)[O-]. The summed E-state index contributed by atoms with van der Waals surface area (Å²) in [4.78, 5) is 32.7. The van der Waals surface area contributed by atoms with Crippen LogP contribution in [0.3, 0.4) is 0 Å². The van der Waals surface area contributed by atoms with Crippen LogP contribution in [0, 0.1) is 10.1 Å². The number of para-hydroxylation sites is 1. The molecule has 19 heavy (non-hydrogen) atoms. The van der Waals surface area contributed by atoms with Gasteiger partial charge in [-0.1, -0.05) is 12.1 Å². The van der Waals surface area contributed by atoms with Crippen LogP contribution in [0.25, 0.3) is 0 Å². The number of hydrogen-bond acceptors (Lipinski definition) is 5. The fraction of sp³-hybridized carbons (Fsp3) is 0.250. The van der Waals surface area contributed by atoms with Crippen molar-refractivity contribution in [3.8, 4) is 0 Å². The number of nitrogens with one attached hydrogen (secondary N) is 1. The Bertz CT molecular complexity index is 552. The number of benzene rings is 1. The van der Waals surface area contributed by atoms with E-state index in [4.69, 9.17) is 0 Å². The zero-order valence-corrected chi connectivity index (χ0v) is 10.5. The largest absolute Gasteiger partial charge is 0.300 e. The van der Waals surface area contributed by atoms with Gasteiger partial charge >= 0.3 is 0 Å². The maximum absolute atomic E-state index is 11.8. The number of hydrogen-bond donors (Lipinski definition) is 1. The number of nitro benzene ring substituents is 1. The Balaban J connectivity index is 2.85. The molecular weight excluding hydrogens is 250 g/mol. The Morgan fingerprint density at radius 2 is 1.95 bits per heavy atom. The van der Waals surface area contributed by atoms with Crippen molar-refractivity contribution in [2.75, 3.05) is 0 Å². The van der Waals surface area contributed by atoms with Crippen LogP contribution in [-0.2, 0) is 4.79 Å². The maximum Gasteiger partial charge on any atom is 0.282 e. The quantitative estimate of drug-likeness (QED) is 0.496. The molecular formula is C12H13N3O4. The van der Waals surface area contributed by atoms with Crippen LogP contribution in [0.15, 0.2) is 29.4 Å². The van der Waals surface area contributed by atoms with Crippen LogP contribution in [0.4, 0.5) is 5.69 Å². The van der Waals surface area contributed by atoms with E-state index in [1.54, 1.807) is 6.92 Å². The smallest absolute Gasteiger partial charge is 0.282 e. The van der Waals surface area contributed by atoms with Crippen molar-refractivity contribution >= 4 is 23.1 Å². The minimum atomic E-state index is -0.685. The lowest BCUT2D eigenvalue weighted by atomic mass is 10.2. The first-order valence-corrected chi connectivity index (χ1v) is 5.48. The number of amides is 1. The van der Waals surface area contributed by atoms with E-state index < -0.39 is 10.8 Å². The normalized spacial score (nSPS) is 10.9. The third kappa shape index (κ3) is 4.30. The van der Waals surface area contributed by atoms with E-state index in [2.05, 4.69) is 10.5 Å². The molecule has 0 saturated heterocycles. The number of nitrogens with zero attached hydrogens (tertiary/aromatic N) is 2. The van der Waals surface area contributed by atoms with Gasteiger partial charge in [0.15, 0.2) is 0 Å². The standard InChI is InChI=1S/C12H13N3O4/c1-8(7-9(2)16)13-14-12(17)10-5-3-4-6-11(10)15(18)19/h3-6H,7H2,1-2H3,(H,14,17)/b13-8-. The lowest BCUT2D eigenvalue weighted by molar-refractivity contribution is -0.385. The summed E-state index contributed by atoms with van der Waals surface area (Å²) in [6.07, 6.45) is 0.122. The Labute approximate surface area is 109 Å². The Morgan fingerprint density at radius 1 is 1.32 bits per heavy atom. The van der Waals surface area contributed by atoms with Gasteiger partial charge in [0.1, 0.15) is 11.3 Å². The van der Waals surface area contributed by atoms with Gasteiger partial charge in [-0.3, -0.25) is 19.7 Å². The summed E-state index contributed by atoms with van der Waals surface area (Å²) in [5.41, 5.74) is 2.25. The fourth-order valence-electron chi connectivity index (χ4n) is 1.43. The van der Waals surface area contributed by atoms with Crippen LogP contribution in [0.2, 0.25) is 0 Å². The number of rotatable bonds is 5. The highest BCUT2D eigenvalue weighted by Crippen LogP contribution is 2.17. The van der Waals surface area contributed by atoms with Crippen molar-refractivity contribution in [3.05, 3.63) is 39.9 Å². The summed E-state index contributed by atoms with van der Waals surface area (Å²) in [5, 5.41) is 14.5. The maximum atomic E-state index is 11.8. The number of carbonyl (C=O) groups is 2. The van der Waals surface area contributed by atoms with Crippen molar-refractivity contribution in [2.45, 2.75) is 20.3 Å². The van der Waals surface area contributed by atoms with Gasteiger partial charge in [0.2, 0.25) is 0 Å². The predicted molar refractivity (Wildman–Crippen MR) is 69.0 cm³/mol. The number of nitro groups is 1. The second-order valence-corrected chi connectivity index (χ2v) is 3.94. The molecule has 0 heterocycles. The van der Waals surface area contributed by atoms with E-state index in [9.17, 15) is 19.7 Å². The van der Waals surface area contributed by atoms with Crippen LogP contribution in [0.1, 0.15) is 30.6 Å². The number of hydrazone groups is 1. The molecule has 100 valence electrons. The molecule has 0 aromatic heterocycles. The van der Waals surface area contributed by atoms with E-state index in [-0.39, 0.29) is 23.5 Å². The van der Waals surface area contributed by atoms with E-state index >= 15 is 0 Å². The van der Waals surface area contributed by atoms with Gasteiger partial charge in [0.25, 0.3) is 11.6 Å². The Hall–Kier alpha value is -2.57. The molecule has 0 bridgehead atoms. The molecule has 1 amide bonds. The molecule has 0 spiro atoms. The van der Waals surface area contributed by atoms with Gasteiger partial charge in [-0.25, -0.2) is 5.43 Å². The molecule has 0 aliphatic rings. The third-order valence-electron chi connectivity index (χ3n) is 2.20. The lowest BCUT2D eigenvalue weighted by Crippen LogP contribution is -2.20. The van der Waals surface area contributed by atoms with E-state index in [0.29, 0.717) is 5.71 Å². The second-order valence-electron chi connectivity index (χ2n) is 3.94. The van der Waals surface area contributed by atoms with Crippen LogP contribution in [0.5, 0.6) is 0 Å². The zero-order valence-electron chi connectivity index (χ0n) is 10.5. The Kier molecular flexibility index (Phi) is 4.87. The topological polar surface area (TPSA) is 102 Å². The number of ketones is 1. The van der Waals surface area contributed by atoms with E-state index in [1.807, 2.05) is 0 Å². The van der Waals surface area contributed by atoms with E-state index in [0.717, 1.165) is 0 Å². The van der Waals surface area contributed by atoms with Crippen molar-refractivity contribution in [1.82, 2.24) is 5.43 Å². The van der Waals surface area contributed by atoms with Crippen molar-refractivity contribution in [1.29, 1.82) is 0 Å². The van der Waals surface area contributed by atoms with Gasteiger partial charge in [0.05, 0.1) is 4.92 Å². The summed E-state index contributed by atoms with van der Waals surface area (Å²) >= 11 is 0. The average Bonchev–Trinajstić information content (AvgIpc) is 2.35. The van der Waals surface area contributed by atoms with Gasteiger partial charge in [-0.05, 0) is 19.9 Å². The van der Waals surface area contributed by atoms with Gasteiger partial charge in [-0.15, -0.1) is 0 Å². The fourth-order valence-corrected chi connectivity index (χ4v) is 1.43. The van der Waals surface area contributed by atoms with Crippen LogP contribution >= 0.6 is 0 Å². The molecule has 1 rings (SSSR count). The highest BCUT2D eigenvalue weighted by molar-refractivity contribution is 6.02. The minimum Gasteiger partial charge on any atom is -0.300 e. The number of Topliss-reactive ketones (excluding diaryl/α,β-unsaturated/α-hetero) is 1. The second kappa shape index (κ2) is 6.39. The Morgan fingerprint density at radius 3 is 2.53 bits per heavy atom. The molecule has 0 aliphatic carbocycles. The molecule has 0 radical (unpaired) electrons. The molecule has 0 unspecified atom stereocenters. The van der Waals surface area contributed by atoms with Gasteiger partial charge < -0.3 is 0 Å². The van der Waals surface area contributed by atoms with Gasteiger partial charge in [0, 0.05) is 18.2 Å². The molecule has 1 aromatic rings. The van der Waals surface area contributed by atoms with Crippen LogP contribution in [-0.4, -0.2) is 22.3 Å². The van der Waals surface area contributed by atoms with E-state index in [1.165, 1.54) is 31.2 Å². The third-order valence-corrected chi connectivity index (χ3v) is 2.20. The van der Waals surface area contributed by atoms with Crippen LogP contribution < -0.4 is 5.43 Å². The van der Waals surface area contributed by atoms with Crippen molar-refractivity contribution in [3.63, 3.8) is 0 Å². The summed E-state index contributed by atoms with van der Waals surface area (Å²) in [5.74, 6) is -0.767. The highest BCUT2D eigenvalue weighted by Gasteiger charge is 2.18. The predicted octanol–water partition coefficient (Wildman–Crippen LogP) is 1.68. The lowest BCUT2D eigenvalue weighted by Gasteiger charge is -2.02. The monoisotopic (exact) mass is 263 g/mol. The molecule has 1 N–H and O–H groups in total. The first-order chi connectivity index (χ1) is 8.91. The summed E-state index contributed by atoms with van der Waals surface area (Å²) in [7, 11) is 0. The summed E-state index contributed by atoms with van der Waals surface area (Å²) in [6.45, 7) is 2.99. The molecule has 0 aliphatic heterocycles. The van der Waals surface area contributed by atoms with Crippen molar-refractivity contribution in [2.24, 2.45) is 5.10 Å². The summed E-state index contributed by atoms with van der Waals surface area (Å²) < 4.78 is 0. The molecule has 0 atom stereocenters. The minimum absolute atomic E-state index is 0.0770. The molecule has 0 saturated carbocycles. The van der Waals surface area contributed by atoms with Crippen molar-refractivity contribution < 1.29 is 14.5 Å². The zero-order chi connectivity index (χ0) is 14.4. The average molecular weight is 263 g/mol. The molecule has 1 aromatic carbocycles. The highest BCUT2D eigenvalue weighted by atomic mass is 16.6. The summed E-state index contributed by atoms with van der Waals surface area (Å²) in [6, 6.07) is 5.57. The first-order valence-electron chi connectivity index (χ1n) is 5.48. The molecule has 7 nitrogen and oxygen atoms in total.